The van der Waals surface area contributed by atoms with Gasteiger partial charge in [-0.3, -0.25) is 0 Å². The molecule has 0 bridgehead atoms. The molecular weight excluding hydrogens is 309 g/mol. The van der Waals surface area contributed by atoms with Gasteiger partial charge in [-0.2, -0.15) is 0 Å². The molecule has 0 N–H and O–H groups in total. The van der Waals surface area contributed by atoms with Gasteiger partial charge >= 0.3 is 0 Å². The Morgan fingerprint density at radius 3 is 2.58 bits per heavy atom. The maximum Gasteiger partial charge on any atom is 0.162 e. The summed E-state index contributed by atoms with van der Waals surface area (Å²) in [6.45, 7) is 0. The molecule has 0 amide bonds. The van der Waals surface area contributed by atoms with E-state index in [9.17, 15) is 0 Å². The Morgan fingerprint density at radius 2 is 2.00 bits per heavy atom. The molecular formula is C7H6Br2ClNO. The molecule has 0 radical (unpaired) electrons. The smallest absolute Gasteiger partial charge is 0.162 e. The van der Waals surface area contributed by atoms with E-state index in [1.54, 1.807) is 2.95 Å². The highest BCUT2D eigenvalue weighted by molar-refractivity contribution is 9.25. The van der Waals surface area contributed by atoms with Gasteiger partial charge in [0, 0.05) is 0 Å². The minimum Gasteiger partial charge on any atom is -0.476 e. The molecule has 0 fully saturated rings. The van der Waals surface area contributed by atoms with Crippen LogP contribution < -0.4 is 7.69 Å². The summed E-state index contributed by atoms with van der Waals surface area (Å²) in [5, 5.41) is 0. The van der Waals surface area contributed by atoms with Crippen molar-refractivity contribution in [2.75, 3.05) is 9.02 Å². The predicted octanol–water partition coefficient (Wildman–Crippen LogP) is 3.69. The molecule has 1 rings (SSSR count). The first-order chi connectivity index (χ1) is 5.75. The van der Waals surface area contributed by atoms with Gasteiger partial charge in [0.05, 0.1) is 32.3 Å². The normalized spacial score (nSPS) is 9.58. The fraction of sp³-hybridized carbons (Fsp3) is 0.143. The first kappa shape index (κ1) is 10.2. The van der Waals surface area contributed by atoms with Gasteiger partial charge < -0.3 is 4.74 Å². The van der Waals surface area contributed by atoms with Crippen LogP contribution in [0.2, 0.25) is 0 Å². The number of hydrogen-bond donors (Lipinski definition) is 0. The van der Waals surface area contributed by atoms with Crippen LogP contribution in [-0.2, 0) is 0 Å². The highest BCUT2D eigenvalue weighted by Gasteiger charge is 2.05. The number of hydrogen-bond acceptors (Lipinski definition) is 2. The first-order valence-electron chi connectivity index (χ1n) is 3.15. The highest BCUT2D eigenvalue weighted by Crippen LogP contribution is 2.32. The number of benzene rings is 1. The van der Waals surface area contributed by atoms with E-state index in [2.05, 4.69) is 32.3 Å². The second-order valence-electron chi connectivity index (χ2n) is 1.95. The molecule has 0 saturated heterocycles. The van der Waals surface area contributed by atoms with Crippen molar-refractivity contribution in [1.82, 2.24) is 0 Å². The number of alkyl halides is 1. The van der Waals surface area contributed by atoms with Crippen LogP contribution in [0, 0.1) is 0 Å². The first-order valence-corrected chi connectivity index (χ1v) is 5.10. The van der Waals surface area contributed by atoms with Gasteiger partial charge in [0.15, 0.2) is 6.07 Å². The standard InChI is InChI=1S/C7H6Br2ClNO/c8-11(9)6-3-1-2-4-7(6)12-5-10/h1-4H,5H2. The lowest BCUT2D eigenvalue weighted by atomic mass is 10.3. The minimum atomic E-state index is 0.144. The van der Waals surface area contributed by atoms with Crippen LogP contribution in [-0.4, -0.2) is 6.07 Å². The SMILES string of the molecule is ClCOc1ccccc1N(Br)Br. The Balaban J connectivity index is 2.92. The highest BCUT2D eigenvalue weighted by atomic mass is 79.9. The quantitative estimate of drug-likeness (QED) is 0.623. The van der Waals surface area contributed by atoms with Gasteiger partial charge in [-0.05, 0) is 12.1 Å². The molecule has 0 aliphatic rings. The van der Waals surface area contributed by atoms with Crippen molar-refractivity contribution in [1.29, 1.82) is 0 Å². The van der Waals surface area contributed by atoms with Crippen LogP contribution in [0.1, 0.15) is 0 Å². The Labute approximate surface area is 93.1 Å². The van der Waals surface area contributed by atoms with Crippen molar-refractivity contribution in [3.63, 3.8) is 0 Å². The summed E-state index contributed by atoms with van der Waals surface area (Å²) in [5.41, 5.74) is 0.873. The van der Waals surface area contributed by atoms with Gasteiger partial charge in [-0.1, -0.05) is 23.7 Å². The fourth-order valence-electron chi connectivity index (χ4n) is 0.778. The van der Waals surface area contributed by atoms with Crippen LogP contribution in [0.15, 0.2) is 24.3 Å². The monoisotopic (exact) mass is 313 g/mol. The van der Waals surface area contributed by atoms with Gasteiger partial charge in [-0.25, -0.2) is 2.95 Å². The predicted molar refractivity (Wildman–Crippen MR) is 58.1 cm³/mol. The van der Waals surface area contributed by atoms with Crippen molar-refractivity contribution in [2.24, 2.45) is 0 Å². The zero-order chi connectivity index (χ0) is 8.97. The second kappa shape index (κ2) is 4.94. The minimum absolute atomic E-state index is 0.144. The summed E-state index contributed by atoms with van der Waals surface area (Å²) in [6, 6.07) is 7.67. The van der Waals surface area contributed by atoms with Crippen LogP contribution in [0.25, 0.3) is 0 Å². The van der Waals surface area contributed by atoms with Crippen molar-refractivity contribution in [2.45, 2.75) is 0 Å². The summed E-state index contributed by atoms with van der Waals surface area (Å²) in [7, 11) is 0. The number of anilines is 1. The summed E-state index contributed by atoms with van der Waals surface area (Å²) in [4.78, 5) is 0. The third kappa shape index (κ3) is 2.54. The number of nitrogens with zero attached hydrogens (tertiary/aromatic N) is 1. The van der Waals surface area contributed by atoms with Crippen LogP contribution in [0.3, 0.4) is 0 Å². The third-order valence-corrected chi connectivity index (χ3v) is 2.13. The van der Waals surface area contributed by atoms with Gasteiger partial charge in [0.2, 0.25) is 0 Å². The summed E-state index contributed by atoms with van der Waals surface area (Å²) in [6.07, 6.45) is 0. The number of para-hydroxylation sites is 2. The molecule has 66 valence electrons. The maximum atomic E-state index is 5.44. The van der Waals surface area contributed by atoms with E-state index < -0.39 is 0 Å². The lowest BCUT2D eigenvalue weighted by Gasteiger charge is -2.11. The number of rotatable bonds is 3. The molecule has 0 saturated carbocycles. The molecule has 0 aromatic heterocycles. The Morgan fingerprint density at radius 1 is 1.33 bits per heavy atom. The summed E-state index contributed by atoms with van der Waals surface area (Å²) >= 11 is 11.9. The molecule has 0 aliphatic carbocycles. The van der Waals surface area contributed by atoms with Gasteiger partial charge in [-0.15, -0.1) is 0 Å². The molecule has 0 spiro atoms. The van der Waals surface area contributed by atoms with E-state index in [-0.39, 0.29) is 6.07 Å². The van der Waals surface area contributed by atoms with E-state index in [0.717, 1.165) is 11.4 Å². The molecule has 1 aromatic rings. The molecule has 2 nitrogen and oxygen atoms in total. The van der Waals surface area contributed by atoms with Crippen molar-refractivity contribution in [3.8, 4) is 5.75 Å². The Bertz CT molecular complexity index is 257. The van der Waals surface area contributed by atoms with E-state index in [1.807, 2.05) is 24.3 Å². The average Bonchev–Trinajstić information content (AvgIpc) is 2.05. The third-order valence-electron chi connectivity index (χ3n) is 1.26. The molecule has 0 unspecified atom stereocenters. The van der Waals surface area contributed by atoms with Crippen LogP contribution in [0.5, 0.6) is 5.75 Å². The fourth-order valence-corrected chi connectivity index (χ4v) is 1.48. The summed E-state index contributed by atoms with van der Waals surface area (Å²) < 4.78 is 6.78. The van der Waals surface area contributed by atoms with Gasteiger partial charge in [0.1, 0.15) is 11.4 Å². The average molecular weight is 315 g/mol. The molecule has 0 atom stereocenters. The van der Waals surface area contributed by atoms with E-state index in [4.69, 9.17) is 16.3 Å². The second-order valence-corrected chi connectivity index (χ2v) is 4.54. The van der Waals surface area contributed by atoms with Crippen molar-refractivity contribution in [3.05, 3.63) is 24.3 Å². The largest absolute Gasteiger partial charge is 0.476 e. The zero-order valence-electron chi connectivity index (χ0n) is 6.01. The van der Waals surface area contributed by atoms with Crippen molar-refractivity contribution < 1.29 is 4.74 Å². The van der Waals surface area contributed by atoms with Crippen LogP contribution in [0.4, 0.5) is 5.69 Å². The van der Waals surface area contributed by atoms with Gasteiger partial charge in [0.25, 0.3) is 0 Å². The van der Waals surface area contributed by atoms with E-state index >= 15 is 0 Å². The maximum absolute atomic E-state index is 5.44. The molecule has 0 aliphatic heterocycles. The molecule has 1 aromatic carbocycles. The van der Waals surface area contributed by atoms with Crippen LogP contribution >= 0.6 is 43.9 Å². The van der Waals surface area contributed by atoms with E-state index in [1.165, 1.54) is 0 Å². The number of halogens is 3. The Kier molecular flexibility index (Phi) is 4.18. The lowest BCUT2D eigenvalue weighted by Crippen LogP contribution is -1.96. The zero-order valence-corrected chi connectivity index (χ0v) is 9.93. The number of ether oxygens (including phenoxy) is 1. The van der Waals surface area contributed by atoms with E-state index in [0.29, 0.717) is 0 Å². The topological polar surface area (TPSA) is 12.5 Å². The Hall–Kier alpha value is 0.0700. The summed E-state index contributed by atoms with van der Waals surface area (Å²) in [5.74, 6) is 0.723. The van der Waals surface area contributed by atoms with Crippen molar-refractivity contribution >= 4 is 49.6 Å². The molecule has 12 heavy (non-hydrogen) atoms. The lowest BCUT2D eigenvalue weighted by molar-refractivity contribution is 0.390. The molecule has 5 heteroatoms. The molecule has 0 heterocycles.